The van der Waals surface area contributed by atoms with Crippen LogP contribution >= 0.6 is 0 Å². The van der Waals surface area contributed by atoms with Crippen LogP contribution in [0.5, 0.6) is 5.75 Å². The number of nitrogens with zero attached hydrogens (tertiary/aromatic N) is 3. The number of ether oxygens (including phenoxy) is 3. The summed E-state index contributed by atoms with van der Waals surface area (Å²) in [5.74, 6) is -0.451. The molecule has 1 aliphatic rings. The van der Waals surface area contributed by atoms with Gasteiger partial charge in [-0.2, -0.15) is 0 Å². The first-order valence-corrected chi connectivity index (χ1v) is 12.2. The number of esters is 1. The molecule has 2 aromatic rings. The Hall–Kier alpha value is -3.69. The quantitative estimate of drug-likeness (QED) is 0.583. The maximum atomic E-state index is 13.7. The van der Waals surface area contributed by atoms with Crippen molar-refractivity contribution in [3.05, 3.63) is 43.0 Å². The number of pyridine rings is 2. The van der Waals surface area contributed by atoms with Crippen molar-refractivity contribution in [1.82, 2.24) is 20.2 Å². The molecule has 0 bridgehead atoms. The summed E-state index contributed by atoms with van der Waals surface area (Å²) >= 11 is 0. The summed E-state index contributed by atoms with van der Waals surface area (Å²) in [5, 5.41) is 2.70. The van der Waals surface area contributed by atoms with E-state index < -0.39 is 47.2 Å². The molecule has 1 N–H and O–H groups in total. The highest BCUT2D eigenvalue weighted by Gasteiger charge is 2.46. The molecule has 0 aromatic carbocycles. The SMILES string of the molecule is COC(=O)[C@@H]1C[C@@H](Oc2cncc(-c3ccncc3)c2)CN1C(=O)[C@@H](NC(=O)OC(C)(C)C)C(C)(C)C. The number of amides is 2. The molecule has 1 fully saturated rings. The average molecular weight is 513 g/mol. The second-order valence-corrected chi connectivity index (χ2v) is 11.1. The van der Waals surface area contributed by atoms with Gasteiger partial charge in [0.2, 0.25) is 5.91 Å². The zero-order chi connectivity index (χ0) is 27.4. The molecule has 0 saturated carbocycles. The number of likely N-dealkylation sites (tertiary alicyclic amines) is 1. The Balaban J connectivity index is 1.81. The number of alkyl carbamates (subject to hydrolysis) is 1. The molecule has 0 unspecified atom stereocenters. The van der Waals surface area contributed by atoms with Crippen LogP contribution in [0.15, 0.2) is 43.0 Å². The van der Waals surface area contributed by atoms with Gasteiger partial charge in [-0.05, 0) is 49.9 Å². The molecule has 37 heavy (non-hydrogen) atoms. The Labute approximate surface area is 217 Å². The van der Waals surface area contributed by atoms with Crippen LogP contribution in [0.3, 0.4) is 0 Å². The summed E-state index contributed by atoms with van der Waals surface area (Å²) in [5.41, 5.74) is 0.404. The Morgan fingerprint density at radius 2 is 1.70 bits per heavy atom. The molecule has 2 amide bonds. The first-order valence-electron chi connectivity index (χ1n) is 12.2. The van der Waals surface area contributed by atoms with Gasteiger partial charge in [0.05, 0.1) is 19.9 Å². The summed E-state index contributed by atoms with van der Waals surface area (Å²) in [6, 6.07) is 3.79. The molecule has 10 heteroatoms. The van der Waals surface area contributed by atoms with Crippen LogP contribution in [0.25, 0.3) is 11.1 Å². The Morgan fingerprint density at radius 3 is 2.30 bits per heavy atom. The maximum absolute atomic E-state index is 13.7. The lowest BCUT2D eigenvalue weighted by Crippen LogP contribution is -2.57. The van der Waals surface area contributed by atoms with E-state index in [0.717, 1.165) is 11.1 Å². The van der Waals surface area contributed by atoms with Crippen molar-refractivity contribution in [2.75, 3.05) is 13.7 Å². The van der Waals surface area contributed by atoms with Crippen LogP contribution < -0.4 is 10.1 Å². The van der Waals surface area contributed by atoms with E-state index in [1.54, 1.807) is 45.6 Å². The summed E-state index contributed by atoms with van der Waals surface area (Å²) in [6.45, 7) is 10.9. The number of methoxy groups -OCH3 is 1. The average Bonchev–Trinajstić information content (AvgIpc) is 3.24. The van der Waals surface area contributed by atoms with Crippen LogP contribution in [0.1, 0.15) is 48.0 Å². The topological polar surface area (TPSA) is 120 Å². The van der Waals surface area contributed by atoms with Gasteiger partial charge in [-0.15, -0.1) is 0 Å². The van der Waals surface area contributed by atoms with Crippen molar-refractivity contribution in [1.29, 1.82) is 0 Å². The molecule has 1 saturated heterocycles. The van der Waals surface area contributed by atoms with E-state index in [2.05, 4.69) is 15.3 Å². The fourth-order valence-corrected chi connectivity index (χ4v) is 4.10. The van der Waals surface area contributed by atoms with Gasteiger partial charge in [0.15, 0.2) is 0 Å². The zero-order valence-corrected chi connectivity index (χ0v) is 22.5. The summed E-state index contributed by atoms with van der Waals surface area (Å²) in [4.78, 5) is 48.6. The van der Waals surface area contributed by atoms with E-state index >= 15 is 0 Å². The molecule has 0 aliphatic carbocycles. The summed E-state index contributed by atoms with van der Waals surface area (Å²) < 4.78 is 16.5. The minimum atomic E-state index is -0.940. The molecule has 3 atom stereocenters. The lowest BCUT2D eigenvalue weighted by Gasteiger charge is -2.35. The largest absolute Gasteiger partial charge is 0.487 e. The van der Waals surface area contributed by atoms with Crippen molar-refractivity contribution in [2.24, 2.45) is 5.41 Å². The van der Waals surface area contributed by atoms with Crippen molar-refractivity contribution < 1.29 is 28.6 Å². The van der Waals surface area contributed by atoms with Crippen LogP contribution in [0.2, 0.25) is 0 Å². The van der Waals surface area contributed by atoms with Crippen LogP contribution in [-0.2, 0) is 19.1 Å². The number of carbonyl (C=O) groups excluding carboxylic acids is 3. The monoisotopic (exact) mass is 512 g/mol. The lowest BCUT2D eigenvalue weighted by atomic mass is 9.85. The van der Waals surface area contributed by atoms with Crippen molar-refractivity contribution in [3.63, 3.8) is 0 Å². The number of aromatic nitrogens is 2. The summed E-state index contributed by atoms with van der Waals surface area (Å²) in [7, 11) is 1.28. The molecule has 0 spiro atoms. The second kappa shape index (κ2) is 11.1. The Bertz CT molecular complexity index is 1110. The summed E-state index contributed by atoms with van der Waals surface area (Å²) in [6.07, 6.45) is 5.75. The number of nitrogens with one attached hydrogen (secondary N) is 1. The molecular formula is C27H36N4O6. The molecular weight excluding hydrogens is 476 g/mol. The first-order chi connectivity index (χ1) is 17.3. The Morgan fingerprint density at radius 1 is 1.03 bits per heavy atom. The second-order valence-electron chi connectivity index (χ2n) is 11.1. The fourth-order valence-electron chi connectivity index (χ4n) is 4.10. The van der Waals surface area contributed by atoms with Gasteiger partial charge >= 0.3 is 12.1 Å². The molecule has 2 aromatic heterocycles. The molecule has 3 heterocycles. The van der Waals surface area contributed by atoms with Crippen LogP contribution in [-0.4, -0.2) is 70.3 Å². The van der Waals surface area contributed by atoms with E-state index in [9.17, 15) is 14.4 Å². The third-order valence-electron chi connectivity index (χ3n) is 5.82. The van der Waals surface area contributed by atoms with Crippen molar-refractivity contribution in [2.45, 2.75) is 71.8 Å². The van der Waals surface area contributed by atoms with E-state index in [4.69, 9.17) is 14.2 Å². The number of rotatable bonds is 6. The third-order valence-corrected chi connectivity index (χ3v) is 5.82. The predicted octanol–water partition coefficient (Wildman–Crippen LogP) is 3.60. The van der Waals surface area contributed by atoms with Gasteiger partial charge in [0.25, 0.3) is 0 Å². The van der Waals surface area contributed by atoms with E-state index in [1.165, 1.54) is 12.0 Å². The lowest BCUT2D eigenvalue weighted by molar-refractivity contribution is -0.152. The van der Waals surface area contributed by atoms with Gasteiger partial charge < -0.3 is 24.4 Å². The van der Waals surface area contributed by atoms with Gasteiger partial charge in [0, 0.05) is 30.6 Å². The van der Waals surface area contributed by atoms with Gasteiger partial charge in [-0.3, -0.25) is 14.8 Å². The minimum absolute atomic E-state index is 0.140. The predicted molar refractivity (Wildman–Crippen MR) is 137 cm³/mol. The van der Waals surface area contributed by atoms with Crippen molar-refractivity contribution in [3.8, 4) is 16.9 Å². The van der Waals surface area contributed by atoms with Gasteiger partial charge in [0.1, 0.15) is 29.5 Å². The highest BCUT2D eigenvalue weighted by molar-refractivity contribution is 5.91. The Kier molecular flexibility index (Phi) is 8.40. The number of hydrogen-bond acceptors (Lipinski definition) is 8. The van der Waals surface area contributed by atoms with Crippen molar-refractivity contribution >= 4 is 18.0 Å². The molecule has 0 radical (unpaired) electrons. The number of hydrogen-bond donors (Lipinski definition) is 1. The normalized spacial score (nSPS) is 18.6. The minimum Gasteiger partial charge on any atom is -0.487 e. The van der Waals surface area contributed by atoms with E-state index in [-0.39, 0.29) is 13.0 Å². The molecule has 1 aliphatic heterocycles. The maximum Gasteiger partial charge on any atom is 0.408 e. The van der Waals surface area contributed by atoms with E-state index in [0.29, 0.717) is 5.75 Å². The third kappa shape index (κ3) is 7.41. The zero-order valence-electron chi connectivity index (χ0n) is 22.5. The van der Waals surface area contributed by atoms with Crippen LogP contribution in [0, 0.1) is 5.41 Å². The highest BCUT2D eigenvalue weighted by Crippen LogP contribution is 2.30. The molecule has 10 nitrogen and oxygen atoms in total. The van der Waals surface area contributed by atoms with Crippen LogP contribution in [0.4, 0.5) is 4.79 Å². The number of carbonyl (C=O) groups is 3. The first kappa shape index (κ1) is 27.9. The fraction of sp³-hybridized carbons (Fsp3) is 0.519. The highest BCUT2D eigenvalue weighted by atomic mass is 16.6. The van der Waals surface area contributed by atoms with E-state index in [1.807, 2.05) is 39.0 Å². The standard InChI is InChI=1S/C27H36N4O6/c1-26(2,3)22(30-25(34)37-27(4,5)6)23(32)31-16-20(13-21(31)24(33)35-7)36-19-12-18(14-29-15-19)17-8-10-28-11-9-17/h8-12,14-15,20-22H,13,16H2,1-7H3,(H,30,34)/t20-,21+,22-/m1/s1. The molecule has 3 rings (SSSR count). The molecule has 200 valence electrons. The van der Waals surface area contributed by atoms with Gasteiger partial charge in [-0.25, -0.2) is 9.59 Å². The van der Waals surface area contributed by atoms with Gasteiger partial charge in [-0.1, -0.05) is 20.8 Å². The smallest absolute Gasteiger partial charge is 0.408 e.